The second kappa shape index (κ2) is 5.41. The van der Waals surface area contributed by atoms with Crippen molar-refractivity contribution in [2.24, 2.45) is 0 Å². The molecule has 16 heavy (non-hydrogen) atoms. The van der Waals surface area contributed by atoms with Gasteiger partial charge in [-0.3, -0.25) is 4.79 Å². The molecule has 0 fully saturated rings. The van der Waals surface area contributed by atoms with Crippen molar-refractivity contribution in [3.63, 3.8) is 0 Å². The van der Waals surface area contributed by atoms with Crippen LogP contribution in [0.3, 0.4) is 0 Å². The molecule has 6 heteroatoms. The van der Waals surface area contributed by atoms with Gasteiger partial charge in [-0.15, -0.1) is 10.2 Å². The quantitative estimate of drug-likeness (QED) is 0.843. The lowest BCUT2D eigenvalue weighted by atomic mass is 10.2. The molecule has 1 aromatic rings. The molecule has 1 N–H and O–H groups in total. The zero-order valence-corrected chi connectivity index (χ0v) is 10.3. The Kier molecular flexibility index (Phi) is 3.90. The second-order valence-corrected chi connectivity index (χ2v) is 5.18. The molecule has 1 aromatic heterocycles. The molecule has 2 rings (SSSR count). The van der Waals surface area contributed by atoms with Crippen LogP contribution in [-0.4, -0.2) is 22.6 Å². The Labute approximate surface area is 103 Å². The topological polar surface area (TPSA) is 54.9 Å². The smallest absolute Gasteiger partial charge is 0.282 e. The van der Waals surface area contributed by atoms with E-state index in [9.17, 15) is 4.79 Å². The summed E-state index contributed by atoms with van der Waals surface area (Å²) in [5.41, 5.74) is 1.44. The summed E-state index contributed by atoms with van der Waals surface area (Å²) in [6.45, 7) is 0.655. The number of allylic oxidation sites excluding steroid dienone is 1. The highest BCUT2D eigenvalue weighted by Gasteiger charge is 2.11. The predicted octanol–water partition coefficient (Wildman–Crippen LogP) is 2.42. The Hall–Kier alpha value is -0.940. The van der Waals surface area contributed by atoms with E-state index in [0.717, 1.165) is 17.8 Å². The van der Waals surface area contributed by atoms with Gasteiger partial charge in [0.05, 0.1) is 0 Å². The number of rotatable bonds is 4. The van der Waals surface area contributed by atoms with E-state index < -0.39 is 0 Å². The monoisotopic (exact) mass is 257 g/mol. The van der Waals surface area contributed by atoms with Crippen LogP contribution in [0.25, 0.3) is 0 Å². The average Bonchev–Trinajstić information content (AvgIpc) is 2.89. The van der Waals surface area contributed by atoms with E-state index in [-0.39, 0.29) is 5.91 Å². The van der Waals surface area contributed by atoms with Gasteiger partial charge in [0.1, 0.15) is 0 Å². The van der Waals surface area contributed by atoms with Gasteiger partial charge >= 0.3 is 0 Å². The highest BCUT2D eigenvalue weighted by molar-refractivity contribution is 7.17. The molecule has 0 atom stereocenters. The van der Waals surface area contributed by atoms with Gasteiger partial charge in [-0.05, 0) is 37.3 Å². The van der Waals surface area contributed by atoms with Crippen LogP contribution in [0.15, 0.2) is 11.6 Å². The van der Waals surface area contributed by atoms with Crippen molar-refractivity contribution in [3.8, 4) is 0 Å². The summed E-state index contributed by atoms with van der Waals surface area (Å²) in [5, 5.41) is 10.4. The lowest BCUT2D eigenvalue weighted by Crippen LogP contribution is -2.24. The molecule has 4 nitrogen and oxygen atoms in total. The van der Waals surface area contributed by atoms with Crippen LogP contribution in [0.1, 0.15) is 35.5 Å². The molecular weight excluding hydrogens is 246 g/mol. The highest BCUT2D eigenvalue weighted by Crippen LogP contribution is 2.20. The Morgan fingerprint density at radius 1 is 1.56 bits per heavy atom. The van der Waals surface area contributed by atoms with Gasteiger partial charge in [0.15, 0.2) is 0 Å². The number of hydrogen-bond donors (Lipinski definition) is 1. The van der Waals surface area contributed by atoms with Gasteiger partial charge in [-0.25, -0.2) is 0 Å². The molecular formula is C10H12ClN3OS. The van der Waals surface area contributed by atoms with Crippen LogP contribution < -0.4 is 5.32 Å². The Bertz CT molecular complexity index is 416. The fourth-order valence-corrected chi connectivity index (χ4v) is 2.42. The van der Waals surface area contributed by atoms with Gasteiger partial charge in [0.2, 0.25) is 9.47 Å². The Balaban J connectivity index is 1.75. The number of nitrogens with one attached hydrogen (secondary N) is 1. The summed E-state index contributed by atoms with van der Waals surface area (Å²) in [6.07, 6.45) is 6.78. The largest absolute Gasteiger partial charge is 0.350 e. The van der Waals surface area contributed by atoms with E-state index >= 15 is 0 Å². The van der Waals surface area contributed by atoms with Crippen molar-refractivity contribution in [2.45, 2.75) is 25.7 Å². The van der Waals surface area contributed by atoms with Gasteiger partial charge in [0, 0.05) is 6.54 Å². The maximum atomic E-state index is 11.6. The minimum atomic E-state index is -0.192. The van der Waals surface area contributed by atoms with E-state index in [0.29, 0.717) is 16.0 Å². The Morgan fingerprint density at radius 2 is 2.44 bits per heavy atom. The zero-order valence-electron chi connectivity index (χ0n) is 8.70. The highest BCUT2D eigenvalue weighted by atomic mass is 35.5. The van der Waals surface area contributed by atoms with Crippen LogP contribution in [0.5, 0.6) is 0 Å². The first-order valence-corrected chi connectivity index (χ1v) is 6.40. The average molecular weight is 258 g/mol. The molecule has 0 bridgehead atoms. The number of hydrogen-bond acceptors (Lipinski definition) is 4. The molecule has 0 spiro atoms. The maximum Gasteiger partial charge on any atom is 0.282 e. The summed E-state index contributed by atoms with van der Waals surface area (Å²) in [7, 11) is 0. The Morgan fingerprint density at radius 3 is 3.06 bits per heavy atom. The first-order valence-electron chi connectivity index (χ1n) is 5.21. The van der Waals surface area contributed by atoms with E-state index in [1.54, 1.807) is 0 Å². The molecule has 1 aliphatic carbocycles. The van der Waals surface area contributed by atoms with Crippen molar-refractivity contribution in [1.82, 2.24) is 15.5 Å². The summed E-state index contributed by atoms with van der Waals surface area (Å²) in [4.78, 5) is 11.6. The van der Waals surface area contributed by atoms with Gasteiger partial charge < -0.3 is 5.32 Å². The van der Waals surface area contributed by atoms with Crippen LogP contribution in [-0.2, 0) is 0 Å². The number of carbonyl (C=O) groups is 1. The number of nitrogens with zero attached hydrogens (tertiary/aromatic N) is 2. The number of halogens is 1. The molecule has 0 aromatic carbocycles. The molecule has 1 aliphatic rings. The second-order valence-electron chi connectivity index (χ2n) is 3.62. The first kappa shape index (κ1) is 11.5. The summed E-state index contributed by atoms with van der Waals surface area (Å²) in [5.74, 6) is -0.192. The van der Waals surface area contributed by atoms with Crippen LogP contribution in [0, 0.1) is 0 Å². The normalized spacial score (nSPS) is 14.9. The molecule has 0 aliphatic heterocycles. The van der Waals surface area contributed by atoms with Crippen LogP contribution in [0.4, 0.5) is 0 Å². The van der Waals surface area contributed by atoms with E-state index in [4.69, 9.17) is 11.6 Å². The van der Waals surface area contributed by atoms with E-state index in [1.807, 2.05) is 0 Å². The third-order valence-electron chi connectivity index (χ3n) is 2.46. The van der Waals surface area contributed by atoms with Crippen molar-refractivity contribution in [2.75, 3.05) is 6.54 Å². The minimum absolute atomic E-state index is 0.192. The lowest BCUT2D eigenvalue weighted by Gasteiger charge is -2.03. The fourth-order valence-electron chi connectivity index (χ4n) is 1.67. The minimum Gasteiger partial charge on any atom is -0.350 e. The van der Waals surface area contributed by atoms with Gasteiger partial charge in [-0.2, -0.15) is 0 Å². The standard InChI is InChI=1S/C10H12ClN3OS/c11-10-14-13-9(16-10)8(15)12-6-5-7-3-1-2-4-7/h3H,1-2,4-6H2,(H,12,15). The maximum absolute atomic E-state index is 11.6. The summed E-state index contributed by atoms with van der Waals surface area (Å²) in [6, 6.07) is 0. The molecule has 0 unspecified atom stereocenters. The zero-order chi connectivity index (χ0) is 11.4. The van der Waals surface area contributed by atoms with Crippen LogP contribution in [0.2, 0.25) is 4.47 Å². The molecule has 1 amide bonds. The third kappa shape index (κ3) is 3.02. The first-order chi connectivity index (χ1) is 7.75. The van der Waals surface area contributed by atoms with Gasteiger partial charge in [-0.1, -0.05) is 23.0 Å². The molecule has 0 saturated heterocycles. The summed E-state index contributed by atoms with van der Waals surface area (Å²) < 4.78 is 0.295. The van der Waals surface area contributed by atoms with E-state index in [2.05, 4.69) is 21.6 Å². The van der Waals surface area contributed by atoms with Crippen molar-refractivity contribution >= 4 is 28.8 Å². The molecule has 86 valence electrons. The van der Waals surface area contributed by atoms with Crippen molar-refractivity contribution in [3.05, 3.63) is 21.1 Å². The van der Waals surface area contributed by atoms with Crippen LogP contribution >= 0.6 is 22.9 Å². The lowest BCUT2D eigenvalue weighted by molar-refractivity contribution is 0.0953. The molecule has 1 heterocycles. The van der Waals surface area contributed by atoms with Gasteiger partial charge in [0.25, 0.3) is 5.91 Å². The van der Waals surface area contributed by atoms with Crippen molar-refractivity contribution in [1.29, 1.82) is 0 Å². The van der Waals surface area contributed by atoms with Crippen molar-refractivity contribution < 1.29 is 4.79 Å². The number of carbonyl (C=O) groups excluding carboxylic acids is 1. The fraction of sp³-hybridized carbons (Fsp3) is 0.500. The summed E-state index contributed by atoms with van der Waals surface area (Å²) >= 11 is 6.69. The van der Waals surface area contributed by atoms with E-state index in [1.165, 1.54) is 24.8 Å². The molecule has 0 saturated carbocycles. The number of amides is 1. The number of aromatic nitrogens is 2. The predicted molar refractivity (Wildman–Crippen MR) is 63.8 cm³/mol. The third-order valence-corrected chi connectivity index (χ3v) is 3.48. The molecule has 0 radical (unpaired) electrons. The SMILES string of the molecule is O=C(NCCC1=CCCC1)c1nnc(Cl)s1.